The normalized spacial score (nSPS) is 18.5. The number of hydrogen-bond donors (Lipinski definition) is 1. The summed E-state index contributed by atoms with van der Waals surface area (Å²) in [7, 11) is -4.22. The third kappa shape index (κ3) is 1.34. The zero-order valence-corrected chi connectivity index (χ0v) is 5.59. The lowest BCUT2D eigenvalue weighted by atomic mass is 10.5. The van der Waals surface area contributed by atoms with Crippen molar-refractivity contribution in [1.29, 1.82) is 0 Å². The lowest BCUT2D eigenvalue weighted by Crippen LogP contribution is -2.01. The van der Waals surface area contributed by atoms with Crippen LogP contribution in [-0.4, -0.2) is 18.9 Å². The first-order chi connectivity index (χ1) is 4.50. The minimum absolute atomic E-state index is 0.376. The third-order valence-electron chi connectivity index (χ3n) is 0.972. The van der Waals surface area contributed by atoms with Gasteiger partial charge in [0.15, 0.2) is 0 Å². The molecule has 0 aromatic carbocycles. The lowest BCUT2D eigenvalue weighted by molar-refractivity contribution is -0.135. The second-order valence-electron chi connectivity index (χ2n) is 1.73. The highest BCUT2D eigenvalue weighted by Gasteiger charge is 2.24. The number of esters is 1. The minimum Gasteiger partial charge on any atom is -0.433 e. The van der Waals surface area contributed by atoms with Crippen molar-refractivity contribution in [3.8, 4) is 0 Å². The topological polar surface area (TPSA) is 80.7 Å². The summed E-state index contributed by atoms with van der Waals surface area (Å²) in [5, 5.41) is 0. The van der Waals surface area contributed by atoms with Crippen molar-refractivity contribution >= 4 is 16.1 Å². The maximum absolute atomic E-state index is 10.3. The molecule has 0 atom stereocenters. The van der Waals surface area contributed by atoms with Gasteiger partial charge in [0.25, 0.3) is 10.1 Å². The fraction of sp³-hybridized carbons (Fsp3) is 0.250. The molecule has 56 valence electrons. The second kappa shape index (κ2) is 2.06. The van der Waals surface area contributed by atoms with Crippen LogP contribution in [0.15, 0.2) is 11.2 Å². The van der Waals surface area contributed by atoms with E-state index >= 15 is 0 Å². The second-order valence-corrected chi connectivity index (χ2v) is 3.20. The van der Waals surface area contributed by atoms with Gasteiger partial charge >= 0.3 is 5.97 Å². The van der Waals surface area contributed by atoms with Gasteiger partial charge in [-0.1, -0.05) is 0 Å². The number of carbonyl (C=O) groups is 1. The monoisotopic (exact) mass is 164 g/mol. The number of rotatable bonds is 1. The van der Waals surface area contributed by atoms with Gasteiger partial charge in [-0.25, -0.2) is 0 Å². The Labute approximate surface area is 57.0 Å². The van der Waals surface area contributed by atoms with E-state index in [1.165, 1.54) is 0 Å². The van der Waals surface area contributed by atoms with Crippen LogP contribution >= 0.6 is 0 Å². The summed E-state index contributed by atoms with van der Waals surface area (Å²) in [6.07, 6.45) is 0.358. The minimum atomic E-state index is -4.22. The van der Waals surface area contributed by atoms with Gasteiger partial charge in [0.1, 0.15) is 11.2 Å². The molecule has 0 spiro atoms. The maximum atomic E-state index is 10.3. The van der Waals surface area contributed by atoms with Crippen LogP contribution in [0.3, 0.4) is 0 Å². The highest BCUT2D eigenvalue weighted by molar-refractivity contribution is 7.89. The van der Waals surface area contributed by atoms with Crippen molar-refractivity contribution in [2.45, 2.75) is 6.42 Å². The molecule has 0 aliphatic carbocycles. The lowest BCUT2D eigenvalue weighted by Gasteiger charge is -1.88. The van der Waals surface area contributed by atoms with Gasteiger partial charge < -0.3 is 4.74 Å². The van der Waals surface area contributed by atoms with E-state index in [9.17, 15) is 13.2 Å². The summed E-state index contributed by atoms with van der Waals surface area (Å²) in [5.41, 5.74) is 0. The largest absolute Gasteiger partial charge is 0.433 e. The molecule has 6 heteroatoms. The Morgan fingerprint density at radius 3 is 2.40 bits per heavy atom. The Kier molecular flexibility index (Phi) is 1.49. The molecule has 0 fully saturated rings. The zero-order chi connectivity index (χ0) is 7.78. The molecule has 0 bridgehead atoms. The summed E-state index contributed by atoms with van der Waals surface area (Å²) in [6, 6.07) is 0. The zero-order valence-electron chi connectivity index (χ0n) is 4.77. The summed E-state index contributed by atoms with van der Waals surface area (Å²) in [4.78, 5) is 9.86. The Balaban J connectivity index is 2.89. The first kappa shape index (κ1) is 7.23. The van der Waals surface area contributed by atoms with E-state index in [2.05, 4.69) is 4.74 Å². The maximum Gasteiger partial charge on any atom is 0.316 e. The van der Waals surface area contributed by atoms with Crippen LogP contribution in [0.1, 0.15) is 6.42 Å². The van der Waals surface area contributed by atoms with Gasteiger partial charge in [-0.3, -0.25) is 9.35 Å². The van der Waals surface area contributed by atoms with Crippen LogP contribution in [0.2, 0.25) is 0 Å². The Hall–Kier alpha value is -0.880. The van der Waals surface area contributed by atoms with Crippen molar-refractivity contribution in [2.24, 2.45) is 0 Å². The Morgan fingerprint density at radius 2 is 2.20 bits per heavy atom. The molecule has 0 amide bonds. The molecule has 1 N–H and O–H groups in total. The van der Waals surface area contributed by atoms with Crippen LogP contribution in [0.25, 0.3) is 0 Å². The number of cyclic esters (lactones) is 1. The first-order valence-corrected chi connectivity index (χ1v) is 3.80. The van der Waals surface area contributed by atoms with E-state index in [4.69, 9.17) is 4.55 Å². The van der Waals surface area contributed by atoms with E-state index in [-0.39, 0.29) is 6.42 Å². The smallest absolute Gasteiger partial charge is 0.316 e. The average molecular weight is 164 g/mol. The molecule has 0 radical (unpaired) electrons. The van der Waals surface area contributed by atoms with Gasteiger partial charge in [0, 0.05) is 0 Å². The van der Waals surface area contributed by atoms with E-state index in [1.54, 1.807) is 0 Å². The van der Waals surface area contributed by atoms with Crippen LogP contribution in [0.5, 0.6) is 0 Å². The molecular weight excluding hydrogens is 160 g/mol. The molecule has 0 saturated heterocycles. The molecule has 1 heterocycles. The predicted molar refractivity (Wildman–Crippen MR) is 30.3 cm³/mol. The van der Waals surface area contributed by atoms with Crippen molar-refractivity contribution < 1.29 is 22.5 Å². The van der Waals surface area contributed by atoms with Gasteiger partial charge in [0.05, 0.1) is 6.42 Å². The van der Waals surface area contributed by atoms with E-state index in [0.717, 1.165) is 6.26 Å². The van der Waals surface area contributed by atoms with Crippen molar-refractivity contribution in [3.05, 3.63) is 11.2 Å². The summed E-state index contributed by atoms with van der Waals surface area (Å²) >= 11 is 0. The molecule has 1 aliphatic rings. The molecule has 5 nitrogen and oxygen atoms in total. The van der Waals surface area contributed by atoms with Crippen LogP contribution in [0, 0.1) is 0 Å². The fourth-order valence-corrected chi connectivity index (χ4v) is 0.979. The standard InChI is InChI=1S/C4H4O5S/c5-4-1-3(2-9-4)10(6,7)8/h2H,1H2,(H,6,7,8). The van der Waals surface area contributed by atoms with Crippen molar-refractivity contribution in [2.75, 3.05) is 0 Å². The first-order valence-electron chi connectivity index (χ1n) is 2.36. The summed E-state index contributed by atoms with van der Waals surface area (Å²) < 4.78 is 32.9. The number of hydrogen-bond acceptors (Lipinski definition) is 4. The highest BCUT2D eigenvalue weighted by atomic mass is 32.2. The van der Waals surface area contributed by atoms with Crippen LogP contribution < -0.4 is 0 Å². The molecule has 0 saturated carbocycles. The van der Waals surface area contributed by atoms with Crippen LogP contribution in [-0.2, 0) is 19.6 Å². The highest BCUT2D eigenvalue weighted by Crippen LogP contribution is 2.16. The quantitative estimate of drug-likeness (QED) is 0.423. The van der Waals surface area contributed by atoms with Crippen molar-refractivity contribution in [1.82, 2.24) is 0 Å². The fourth-order valence-electron chi connectivity index (χ4n) is 0.509. The Morgan fingerprint density at radius 1 is 1.60 bits per heavy atom. The summed E-state index contributed by atoms with van der Waals surface area (Å²) in [5.74, 6) is -0.673. The summed E-state index contributed by atoms with van der Waals surface area (Å²) in [6.45, 7) is 0. The average Bonchev–Trinajstić information content (AvgIpc) is 2.11. The number of ether oxygens (including phenoxy) is 1. The van der Waals surface area contributed by atoms with E-state index < -0.39 is 21.0 Å². The predicted octanol–water partition coefficient (Wildman–Crippen LogP) is -0.337. The van der Waals surface area contributed by atoms with E-state index in [0.29, 0.717) is 0 Å². The third-order valence-corrected chi connectivity index (χ3v) is 1.87. The van der Waals surface area contributed by atoms with Gasteiger partial charge in [0.2, 0.25) is 0 Å². The van der Waals surface area contributed by atoms with Gasteiger partial charge in [-0.2, -0.15) is 8.42 Å². The molecule has 0 aromatic heterocycles. The van der Waals surface area contributed by atoms with Crippen LogP contribution in [0.4, 0.5) is 0 Å². The number of carbonyl (C=O) groups excluding carboxylic acids is 1. The van der Waals surface area contributed by atoms with Gasteiger partial charge in [-0.15, -0.1) is 0 Å². The molecule has 1 aliphatic heterocycles. The SMILES string of the molecule is O=C1CC(S(=O)(=O)O)=CO1. The molecular formula is C4H4O5S. The van der Waals surface area contributed by atoms with Crippen molar-refractivity contribution in [3.63, 3.8) is 0 Å². The van der Waals surface area contributed by atoms with Gasteiger partial charge in [-0.05, 0) is 0 Å². The van der Waals surface area contributed by atoms with E-state index in [1.807, 2.05) is 0 Å². The molecule has 0 aromatic rings. The Bertz CT molecular complexity index is 285. The molecule has 1 rings (SSSR count). The molecule has 0 unspecified atom stereocenters. The molecule has 10 heavy (non-hydrogen) atoms.